The Bertz CT molecular complexity index is 478. The summed E-state index contributed by atoms with van der Waals surface area (Å²) in [6.07, 6.45) is 5.25. The molecule has 2 aliphatic carbocycles. The van der Waals surface area contributed by atoms with Crippen molar-refractivity contribution in [3.63, 3.8) is 0 Å². The smallest absolute Gasteiger partial charge is 0.272 e. The minimum Gasteiger partial charge on any atom is -0.272 e. The SMILES string of the molecule is C=CC(F)(F)CSON1C(=O)C2C3C=CC(C3)C2C1=O. The Balaban J connectivity index is 1.64. The number of rotatable bonds is 5. The van der Waals surface area contributed by atoms with Gasteiger partial charge in [0.15, 0.2) is 0 Å². The van der Waals surface area contributed by atoms with Gasteiger partial charge in [-0.25, -0.2) is 8.78 Å². The molecule has 1 saturated heterocycles. The Morgan fingerprint density at radius 1 is 1.35 bits per heavy atom. The molecule has 0 aromatic heterocycles. The van der Waals surface area contributed by atoms with Gasteiger partial charge >= 0.3 is 0 Å². The number of hydroxylamine groups is 2. The molecule has 1 aliphatic heterocycles. The van der Waals surface area contributed by atoms with Gasteiger partial charge < -0.3 is 0 Å². The van der Waals surface area contributed by atoms with E-state index in [1.54, 1.807) is 0 Å². The number of halogens is 2. The van der Waals surface area contributed by atoms with Gasteiger partial charge in [-0.05, 0) is 24.3 Å². The van der Waals surface area contributed by atoms with Crippen molar-refractivity contribution in [2.24, 2.45) is 23.7 Å². The van der Waals surface area contributed by atoms with Crippen LogP contribution in [0.25, 0.3) is 0 Å². The van der Waals surface area contributed by atoms with E-state index in [0.717, 1.165) is 6.42 Å². The number of allylic oxidation sites excluding steroid dienone is 3. The van der Waals surface area contributed by atoms with Crippen LogP contribution in [0.3, 0.4) is 0 Å². The van der Waals surface area contributed by atoms with Crippen molar-refractivity contribution in [2.45, 2.75) is 12.3 Å². The molecule has 4 unspecified atom stereocenters. The van der Waals surface area contributed by atoms with E-state index in [1.165, 1.54) is 0 Å². The summed E-state index contributed by atoms with van der Waals surface area (Å²) in [4.78, 5) is 24.3. The van der Waals surface area contributed by atoms with Crippen LogP contribution in [-0.2, 0) is 13.9 Å². The number of carbonyl (C=O) groups excluding carboxylic acids is 2. The van der Waals surface area contributed by atoms with Gasteiger partial charge in [0, 0.05) is 12.0 Å². The molecule has 1 saturated carbocycles. The molecule has 3 aliphatic rings. The molecule has 108 valence electrons. The van der Waals surface area contributed by atoms with Gasteiger partial charge in [0.05, 0.1) is 17.6 Å². The van der Waals surface area contributed by atoms with Gasteiger partial charge in [0.2, 0.25) is 0 Å². The number of nitrogens with zero attached hydrogens (tertiary/aromatic N) is 1. The zero-order valence-electron chi connectivity index (χ0n) is 10.5. The second kappa shape index (κ2) is 4.66. The maximum atomic E-state index is 13.0. The summed E-state index contributed by atoms with van der Waals surface area (Å²) in [5.41, 5.74) is 0. The Hall–Kier alpha value is -1.21. The third kappa shape index (κ3) is 2.00. The fourth-order valence-electron chi connectivity index (χ4n) is 3.16. The zero-order valence-corrected chi connectivity index (χ0v) is 11.3. The van der Waals surface area contributed by atoms with Gasteiger partial charge in [0.25, 0.3) is 17.7 Å². The minimum absolute atomic E-state index is 0.0784. The normalized spacial score (nSPS) is 35.0. The highest BCUT2D eigenvalue weighted by atomic mass is 32.2. The maximum Gasteiger partial charge on any atom is 0.277 e. The molecule has 3 rings (SSSR count). The maximum absolute atomic E-state index is 13.0. The molecule has 7 heteroatoms. The number of alkyl halides is 2. The average molecular weight is 301 g/mol. The van der Waals surface area contributed by atoms with Gasteiger partial charge in [-0.3, -0.25) is 9.59 Å². The molecule has 2 amide bonds. The molecule has 20 heavy (non-hydrogen) atoms. The van der Waals surface area contributed by atoms with Gasteiger partial charge in [0.1, 0.15) is 0 Å². The van der Waals surface area contributed by atoms with Crippen molar-refractivity contribution >= 4 is 23.9 Å². The Morgan fingerprint density at radius 3 is 2.40 bits per heavy atom. The summed E-state index contributed by atoms with van der Waals surface area (Å²) >= 11 is 0.394. The van der Waals surface area contributed by atoms with Crippen molar-refractivity contribution in [3.8, 4) is 0 Å². The van der Waals surface area contributed by atoms with Crippen molar-refractivity contribution < 1.29 is 22.7 Å². The number of amides is 2. The van der Waals surface area contributed by atoms with E-state index < -0.39 is 23.5 Å². The van der Waals surface area contributed by atoms with E-state index in [4.69, 9.17) is 4.28 Å². The molecular formula is C13H13F2NO3S. The van der Waals surface area contributed by atoms with Crippen LogP contribution in [0.4, 0.5) is 8.78 Å². The molecule has 4 nitrogen and oxygen atoms in total. The lowest BCUT2D eigenvalue weighted by molar-refractivity contribution is -0.164. The van der Waals surface area contributed by atoms with Crippen LogP contribution in [-0.4, -0.2) is 28.6 Å². The first-order chi connectivity index (χ1) is 9.44. The number of imide groups is 1. The molecule has 1 heterocycles. The second-order valence-electron chi connectivity index (χ2n) is 5.27. The van der Waals surface area contributed by atoms with Crippen LogP contribution in [0.1, 0.15) is 6.42 Å². The highest BCUT2D eigenvalue weighted by Crippen LogP contribution is 2.52. The van der Waals surface area contributed by atoms with E-state index in [0.29, 0.717) is 23.2 Å². The second-order valence-corrected chi connectivity index (χ2v) is 5.95. The van der Waals surface area contributed by atoms with Crippen molar-refractivity contribution in [3.05, 3.63) is 24.8 Å². The fourth-order valence-corrected chi connectivity index (χ4v) is 3.74. The number of fused-ring (bicyclic) bond motifs is 5. The standard InChI is InChI=1S/C13H13F2NO3S/c1-2-13(14,15)6-20-19-16-11(17)9-7-3-4-8(5-7)10(9)12(16)18/h2-4,7-10H,1,5-6H2. The van der Waals surface area contributed by atoms with E-state index in [-0.39, 0.29) is 23.7 Å². The summed E-state index contributed by atoms with van der Waals surface area (Å²) in [6.45, 7) is 3.01. The zero-order chi connectivity index (χ0) is 14.5. The molecule has 0 aromatic carbocycles. The number of hydrogen-bond donors (Lipinski definition) is 0. The van der Waals surface area contributed by atoms with Crippen LogP contribution in [0.2, 0.25) is 0 Å². The lowest BCUT2D eigenvalue weighted by atomic mass is 9.85. The highest BCUT2D eigenvalue weighted by Gasteiger charge is 2.60. The molecular weight excluding hydrogens is 288 g/mol. The monoisotopic (exact) mass is 301 g/mol. The third-order valence-corrected chi connectivity index (χ3v) is 4.86. The third-order valence-electron chi connectivity index (χ3n) is 4.11. The Morgan fingerprint density at radius 2 is 1.90 bits per heavy atom. The number of hydrogen-bond acceptors (Lipinski definition) is 4. The van der Waals surface area contributed by atoms with Crippen molar-refractivity contribution in [1.29, 1.82) is 0 Å². The largest absolute Gasteiger partial charge is 0.277 e. The predicted molar refractivity (Wildman–Crippen MR) is 68.3 cm³/mol. The summed E-state index contributed by atoms with van der Waals surface area (Å²) in [7, 11) is 0. The van der Waals surface area contributed by atoms with E-state index in [2.05, 4.69) is 6.58 Å². The van der Waals surface area contributed by atoms with Crippen LogP contribution in [0, 0.1) is 23.7 Å². The Kier molecular flexibility index (Phi) is 3.21. The quantitative estimate of drug-likeness (QED) is 0.444. The molecule has 2 fully saturated rings. The molecule has 4 atom stereocenters. The van der Waals surface area contributed by atoms with Crippen LogP contribution in [0.15, 0.2) is 24.8 Å². The van der Waals surface area contributed by atoms with Crippen molar-refractivity contribution in [2.75, 3.05) is 5.75 Å². The fraction of sp³-hybridized carbons (Fsp3) is 0.538. The van der Waals surface area contributed by atoms with Gasteiger partial charge in [-0.1, -0.05) is 18.7 Å². The first-order valence-corrected chi connectivity index (χ1v) is 7.23. The van der Waals surface area contributed by atoms with Crippen LogP contribution < -0.4 is 0 Å². The molecule has 2 bridgehead atoms. The van der Waals surface area contributed by atoms with Gasteiger partial charge in [-0.2, -0.15) is 4.28 Å². The summed E-state index contributed by atoms with van der Waals surface area (Å²) in [6, 6.07) is 0. The first-order valence-electron chi connectivity index (χ1n) is 6.32. The molecule has 0 spiro atoms. The van der Waals surface area contributed by atoms with E-state index >= 15 is 0 Å². The average Bonchev–Trinajstić information content (AvgIpc) is 3.07. The Labute approximate surface area is 119 Å². The summed E-state index contributed by atoms with van der Waals surface area (Å²) < 4.78 is 30.9. The molecule has 0 radical (unpaired) electrons. The van der Waals surface area contributed by atoms with E-state index in [1.807, 2.05) is 12.2 Å². The predicted octanol–water partition coefficient (Wildman–Crippen LogP) is 2.19. The van der Waals surface area contributed by atoms with Crippen LogP contribution in [0.5, 0.6) is 0 Å². The first kappa shape index (κ1) is 13.8. The number of carbonyl (C=O) groups is 2. The van der Waals surface area contributed by atoms with Gasteiger partial charge in [-0.15, -0.1) is 5.06 Å². The lowest BCUT2D eigenvalue weighted by Crippen LogP contribution is -2.31. The lowest BCUT2D eigenvalue weighted by Gasteiger charge is -2.16. The highest BCUT2D eigenvalue weighted by molar-refractivity contribution is 7.94. The van der Waals surface area contributed by atoms with Crippen LogP contribution >= 0.6 is 12.0 Å². The van der Waals surface area contributed by atoms with E-state index in [9.17, 15) is 18.4 Å². The summed E-state index contributed by atoms with van der Waals surface area (Å²) in [5, 5.41) is 0.658. The summed E-state index contributed by atoms with van der Waals surface area (Å²) in [5.74, 6) is -5.20. The minimum atomic E-state index is -3.09. The topological polar surface area (TPSA) is 46.6 Å². The van der Waals surface area contributed by atoms with Crippen molar-refractivity contribution in [1.82, 2.24) is 5.06 Å². The molecule has 0 N–H and O–H groups in total. The molecule has 0 aromatic rings.